The van der Waals surface area contributed by atoms with Gasteiger partial charge in [-0.05, 0) is 36.8 Å². The SMILES string of the molecule is Cc1c(CC(=O)NCC2CCCO2)c(=O)oc2cc3occ(C(C)(C)C)c3cc12. The van der Waals surface area contributed by atoms with Crippen molar-refractivity contribution in [3.05, 3.63) is 45.5 Å². The van der Waals surface area contributed by atoms with E-state index in [0.717, 1.165) is 41.3 Å². The molecule has 1 aliphatic heterocycles. The van der Waals surface area contributed by atoms with E-state index in [4.69, 9.17) is 13.6 Å². The van der Waals surface area contributed by atoms with Gasteiger partial charge in [-0.2, -0.15) is 0 Å². The normalized spacial score (nSPS) is 17.3. The lowest BCUT2D eigenvalue weighted by atomic mass is 9.86. The summed E-state index contributed by atoms with van der Waals surface area (Å²) in [7, 11) is 0. The van der Waals surface area contributed by atoms with Crippen molar-refractivity contribution in [2.75, 3.05) is 13.2 Å². The van der Waals surface area contributed by atoms with Crippen LogP contribution in [0.25, 0.3) is 21.9 Å². The highest BCUT2D eigenvalue weighted by atomic mass is 16.5. The van der Waals surface area contributed by atoms with Gasteiger partial charge in [0.1, 0.15) is 11.2 Å². The summed E-state index contributed by atoms with van der Waals surface area (Å²) in [5.41, 5.74) is 2.85. The maximum Gasteiger partial charge on any atom is 0.340 e. The molecule has 6 heteroatoms. The number of fused-ring (bicyclic) bond motifs is 2. The summed E-state index contributed by atoms with van der Waals surface area (Å²) >= 11 is 0. The molecule has 0 radical (unpaired) electrons. The van der Waals surface area contributed by atoms with Crippen LogP contribution in [0.3, 0.4) is 0 Å². The number of furan rings is 1. The lowest BCUT2D eigenvalue weighted by Gasteiger charge is -2.16. The smallest absolute Gasteiger partial charge is 0.340 e. The number of rotatable bonds is 4. The zero-order valence-corrected chi connectivity index (χ0v) is 17.4. The molecule has 1 amide bonds. The zero-order chi connectivity index (χ0) is 20.8. The van der Waals surface area contributed by atoms with Gasteiger partial charge in [-0.25, -0.2) is 4.79 Å². The first-order valence-corrected chi connectivity index (χ1v) is 10.1. The summed E-state index contributed by atoms with van der Waals surface area (Å²) < 4.78 is 16.8. The molecule has 3 heterocycles. The number of amides is 1. The van der Waals surface area contributed by atoms with Gasteiger partial charge < -0.3 is 18.9 Å². The Bertz CT molecular complexity index is 1130. The molecular formula is C23H27NO5. The van der Waals surface area contributed by atoms with Crippen LogP contribution in [-0.4, -0.2) is 25.2 Å². The summed E-state index contributed by atoms with van der Waals surface area (Å²) in [4.78, 5) is 25.0. The molecule has 1 unspecified atom stereocenters. The van der Waals surface area contributed by atoms with E-state index in [-0.39, 0.29) is 23.8 Å². The fraction of sp³-hybridized carbons (Fsp3) is 0.478. The van der Waals surface area contributed by atoms with Crippen LogP contribution < -0.4 is 10.9 Å². The predicted molar refractivity (Wildman–Crippen MR) is 111 cm³/mol. The third-order valence-electron chi connectivity index (χ3n) is 5.68. The van der Waals surface area contributed by atoms with Gasteiger partial charge in [0.15, 0.2) is 0 Å². The van der Waals surface area contributed by atoms with Crippen LogP contribution in [0.5, 0.6) is 0 Å². The van der Waals surface area contributed by atoms with E-state index in [0.29, 0.717) is 23.3 Å². The second kappa shape index (κ2) is 7.34. The van der Waals surface area contributed by atoms with Gasteiger partial charge in [-0.15, -0.1) is 0 Å². The van der Waals surface area contributed by atoms with Crippen LogP contribution in [0.1, 0.15) is 50.3 Å². The Labute approximate surface area is 169 Å². The number of carbonyl (C=O) groups is 1. The Morgan fingerprint density at radius 3 is 2.69 bits per heavy atom. The van der Waals surface area contributed by atoms with E-state index in [1.807, 2.05) is 13.0 Å². The van der Waals surface area contributed by atoms with Crippen molar-refractivity contribution in [3.63, 3.8) is 0 Å². The molecule has 6 nitrogen and oxygen atoms in total. The third-order valence-corrected chi connectivity index (χ3v) is 5.68. The first-order valence-electron chi connectivity index (χ1n) is 10.1. The summed E-state index contributed by atoms with van der Waals surface area (Å²) in [5.74, 6) is -0.199. The van der Waals surface area contributed by atoms with Crippen molar-refractivity contribution in [2.24, 2.45) is 0 Å². The third kappa shape index (κ3) is 3.81. The summed E-state index contributed by atoms with van der Waals surface area (Å²) in [6, 6.07) is 3.76. The molecular weight excluding hydrogens is 370 g/mol. The second-order valence-electron chi connectivity index (χ2n) is 8.85. The van der Waals surface area contributed by atoms with E-state index in [9.17, 15) is 9.59 Å². The van der Waals surface area contributed by atoms with Gasteiger partial charge in [0, 0.05) is 35.6 Å². The van der Waals surface area contributed by atoms with Gasteiger partial charge in [-0.3, -0.25) is 4.79 Å². The topological polar surface area (TPSA) is 81.7 Å². The first kappa shape index (κ1) is 19.7. The largest absolute Gasteiger partial charge is 0.464 e. The minimum atomic E-state index is -0.482. The van der Waals surface area contributed by atoms with E-state index in [1.54, 1.807) is 12.3 Å². The van der Waals surface area contributed by atoms with Crippen molar-refractivity contribution in [1.82, 2.24) is 5.32 Å². The molecule has 1 atom stereocenters. The highest BCUT2D eigenvalue weighted by molar-refractivity contribution is 5.97. The molecule has 4 rings (SSSR count). The molecule has 1 N–H and O–H groups in total. The van der Waals surface area contributed by atoms with Gasteiger partial charge in [0.05, 0.1) is 24.4 Å². The van der Waals surface area contributed by atoms with Gasteiger partial charge in [0.2, 0.25) is 5.91 Å². The van der Waals surface area contributed by atoms with E-state index in [1.165, 1.54) is 0 Å². The van der Waals surface area contributed by atoms with Crippen LogP contribution >= 0.6 is 0 Å². The van der Waals surface area contributed by atoms with Crippen LogP contribution in [0.15, 0.2) is 32.0 Å². The Morgan fingerprint density at radius 2 is 2.00 bits per heavy atom. The van der Waals surface area contributed by atoms with Crippen LogP contribution in [-0.2, 0) is 21.4 Å². The van der Waals surface area contributed by atoms with Crippen LogP contribution in [0.4, 0.5) is 0 Å². The number of hydrogen-bond donors (Lipinski definition) is 1. The lowest BCUT2D eigenvalue weighted by Crippen LogP contribution is -2.34. The van der Waals surface area contributed by atoms with E-state index < -0.39 is 5.63 Å². The highest BCUT2D eigenvalue weighted by Crippen LogP contribution is 2.35. The number of hydrogen-bond acceptors (Lipinski definition) is 5. The van der Waals surface area contributed by atoms with Gasteiger partial charge in [-0.1, -0.05) is 20.8 Å². The molecule has 154 valence electrons. The number of aryl methyl sites for hydroxylation is 1. The monoisotopic (exact) mass is 397 g/mol. The average molecular weight is 397 g/mol. The fourth-order valence-electron chi connectivity index (χ4n) is 3.95. The molecule has 1 aromatic carbocycles. The number of benzene rings is 1. The van der Waals surface area contributed by atoms with Crippen LogP contribution in [0, 0.1) is 6.92 Å². The fourth-order valence-corrected chi connectivity index (χ4v) is 3.95. The van der Waals surface area contributed by atoms with Crippen molar-refractivity contribution in [3.8, 4) is 0 Å². The molecule has 0 saturated carbocycles. The molecule has 1 saturated heterocycles. The Morgan fingerprint density at radius 1 is 1.21 bits per heavy atom. The molecule has 0 bridgehead atoms. The molecule has 0 aliphatic carbocycles. The summed E-state index contributed by atoms with van der Waals surface area (Å²) in [6.07, 6.45) is 3.79. The van der Waals surface area contributed by atoms with Crippen molar-refractivity contribution in [2.45, 2.75) is 58.5 Å². The standard InChI is InChI=1S/C23H27NO5/c1-13-15-8-17-18(23(2,3)4)12-28-19(17)10-20(15)29-22(26)16(13)9-21(25)24-11-14-6-5-7-27-14/h8,10,12,14H,5-7,9,11H2,1-4H3,(H,24,25). The Kier molecular flexibility index (Phi) is 4.99. The van der Waals surface area contributed by atoms with Gasteiger partial charge >= 0.3 is 5.63 Å². The van der Waals surface area contributed by atoms with Crippen LogP contribution in [0.2, 0.25) is 0 Å². The molecule has 2 aromatic heterocycles. The first-order chi connectivity index (χ1) is 13.7. The minimum absolute atomic E-state index is 0.00756. The molecule has 0 spiro atoms. The minimum Gasteiger partial charge on any atom is -0.464 e. The molecule has 1 fully saturated rings. The van der Waals surface area contributed by atoms with E-state index >= 15 is 0 Å². The summed E-state index contributed by atoms with van der Waals surface area (Å²) in [5, 5.41) is 4.69. The van der Waals surface area contributed by atoms with Crippen molar-refractivity contribution in [1.29, 1.82) is 0 Å². The predicted octanol–water partition coefficient (Wildman–Crippen LogP) is 3.98. The van der Waals surface area contributed by atoms with E-state index in [2.05, 4.69) is 26.1 Å². The molecule has 3 aromatic rings. The second-order valence-corrected chi connectivity index (χ2v) is 8.85. The molecule has 29 heavy (non-hydrogen) atoms. The maximum atomic E-state index is 12.5. The quantitative estimate of drug-likeness (QED) is 0.674. The average Bonchev–Trinajstić information content (AvgIpc) is 3.31. The Hall–Kier alpha value is -2.60. The van der Waals surface area contributed by atoms with Gasteiger partial charge in [0.25, 0.3) is 0 Å². The highest BCUT2D eigenvalue weighted by Gasteiger charge is 2.22. The lowest BCUT2D eigenvalue weighted by molar-refractivity contribution is -0.121. The summed E-state index contributed by atoms with van der Waals surface area (Å²) in [6.45, 7) is 9.47. The van der Waals surface area contributed by atoms with Crippen molar-refractivity contribution >= 4 is 27.8 Å². The Balaban J connectivity index is 1.68. The maximum absolute atomic E-state index is 12.5. The number of carbonyl (C=O) groups excluding carboxylic acids is 1. The molecule has 1 aliphatic rings. The zero-order valence-electron chi connectivity index (χ0n) is 17.4. The van der Waals surface area contributed by atoms with Crippen molar-refractivity contribution < 1.29 is 18.4 Å². The number of ether oxygens (including phenoxy) is 1. The number of nitrogens with one attached hydrogen (secondary N) is 1.